The van der Waals surface area contributed by atoms with E-state index >= 15 is 0 Å². The standard InChI is InChI=1S/C5H9BrO3/c1-2-8-9-5(7)3-4-6/h2-4H2,1H3. The van der Waals surface area contributed by atoms with Gasteiger partial charge in [0.15, 0.2) is 0 Å². The van der Waals surface area contributed by atoms with E-state index in [0.717, 1.165) is 0 Å². The number of rotatable bonds is 4. The molecule has 0 aromatic heterocycles. The van der Waals surface area contributed by atoms with E-state index in [4.69, 9.17) is 0 Å². The predicted octanol–water partition coefficient (Wildman–Crippen LogP) is 1.27. The fourth-order valence-electron chi connectivity index (χ4n) is 0.243. The molecule has 0 fully saturated rings. The molecule has 54 valence electrons. The van der Waals surface area contributed by atoms with Crippen molar-refractivity contribution in [2.45, 2.75) is 13.3 Å². The van der Waals surface area contributed by atoms with Crippen LogP contribution in [0.3, 0.4) is 0 Å². The molecule has 3 nitrogen and oxygen atoms in total. The Morgan fingerprint density at radius 2 is 2.33 bits per heavy atom. The van der Waals surface area contributed by atoms with Gasteiger partial charge < -0.3 is 0 Å². The molecule has 0 spiro atoms. The highest BCUT2D eigenvalue weighted by Gasteiger charge is 1.99. The van der Waals surface area contributed by atoms with Gasteiger partial charge in [0.25, 0.3) is 0 Å². The van der Waals surface area contributed by atoms with E-state index in [9.17, 15) is 4.79 Å². The van der Waals surface area contributed by atoms with Crippen molar-refractivity contribution in [1.29, 1.82) is 0 Å². The lowest BCUT2D eigenvalue weighted by molar-refractivity contribution is -0.269. The molecule has 0 saturated carbocycles. The molecule has 0 unspecified atom stereocenters. The van der Waals surface area contributed by atoms with Crippen LogP contribution in [0.25, 0.3) is 0 Å². The van der Waals surface area contributed by atoms with Gasteiger partial charge in [-0.1, -0.05) is 15.9 Å². The number of halogens is 1. The number of alkyl halides is 1. The van der Waals surface area contributed by atoms with Gasteiger partial charge in [0.05, 0.1) is 13.0 Å². The third-order valence-corrected chi connectivity index (χ3v) is 0.965. The van der Waals surface area contributed by atoms with Gasteiger partial charge in [-0.2, -0.15) is 4.89 Å². The monoisotopic (exact) mass is 196 g/mol. The van der Waals surface area contributed by atoms with Crippen molar-refractivity contribution in [2.75, 3.05) is 11.9 Å². The molecule has 0 rings (SSSR count). The molecule has 0 aliphatic carbocycles. The van der Waals surface area contributed by atoms with Crippen molar-refractivity contribution in [2.24, 2.45) is 0 Å². The smallest absolute Gasteiger partial charge is 0.298 e. The van der Waals surface area contributed by atoms with Crippen LogP contribution in [0, 0.1) is 0 Å². The van der Waals surface area contributed by atoms with Gasteiger partial charge in [0.1, 0.15) is 0 Å². The Balaban J connectivity index is 3.06. The first-order valence-electron chi connectivity index (χ1n) is 2.69. The number of carbonyl (C=O) groups is 1. The lowest BCUT2D eigenvalue weighted by Gasteiger charge is -1.97. The number of hydrogen-bond acceptors (Lipinski definition) is 3. The maximum atomic E-state index is 10.4. The summed E-state index contributed by atoms with van der Waals surface area (Å²) in [7, 11) is 0. The molecule has 0 amide bonds. The van der Waals surface area contributed by atoms with Crippen LogP contribution in [0.2, 0.25) is 0 Å². The van der Waals surface area contributed by atoms with Crippen molar-refractivity contribution in [3.8, 4) is 0 Å². The Labute approximate surface area is 62.4 Å². The van der Waals surface area contributed by atoms with E-state index in [1.54, 1.807) is 6.92 Å². The summed E-state index contributed by atoms with van der Waals surface area (Å²) in [6, 6.07) is 0. The maximum Gasteiger partial charge on any atom is 0.343 e. The summed E-state index contributed by atoms with van der Waals surface area (Å²) in [4.78, 5) is 19.1. The van der Waals surface area contributed by atoms with Crippen LogP contribution in [0.15, 0.2) is 0 Å². The largest absolute Gasteiger partial charge is 0.343 e. The van der Waals surface area contributed by atoms with E-state index in [0.29, 0.717) is 18.4 Å². The molecule has 0 heterocycles. The second kappa shape index (κ2) is 6.04. The molecule has 0 radical (unpaired) electrons. The van der Waals surface area contributed by atoms with E-state index < -0.39 is 0 Å². The average Bonchev–Trinajstić information content (AvgIpc) is 1.85. The highest BCUT2D eigenvalue weighted by atomic mass is 79.9. The SMILES string of the molecule is CCOOC(=O)CCBr. The summed E-state index contributed by atoms with van der Waals surface area (Å²) in [5, 5.41) is 0.610. The average molecular weight is 197 g/mol. The van der Waals surface area contributed by atoms with Crippen LogP contribution in [0.5, 0.6) is 0 Å². The minimum Gasteiger partial charge on any atom is -0.298 e. The third-order valence-electron chi connectivity index (χ3n) is 0.568. The molecule has 0 aromatic rings. The molecular weight excluding hydrogens is 188 g/mol. The first-order chi connectivity index (χ1) is 4.31. The van der Waals surface area contributed by atoms with Crippen molar-refractivity contribution in [3.05, 3.63) is 0 Å². The Morgan fingerprint density at radius 1 is 1.67 bits per heavy atom. The van der Waals surface area contributed by atoms with Crippen LogP contribution >= 0.6 is 15.9 Å². The van der Waals surface area contributed by atoms with Crippen molar-refractivity contribution in [1.82, 2.24) is 0 Å². The second-order valence-corrected chi connectivity index (χ2v) is 2.09. The number of hydrogen-bond donors (Lipinski definition) is 0. The first kappa shape index (κ1) is 8.91. The molecule has 0 atom stereocenters. The Morgan fingerprint density at radius 3 is 2.78 bits per heavy atom. The van der Waals surface area contributed by atoms with Crippen molar-refractivity contribution < 1.29 is 14.6 Å². The van der Waals surface area contributed by atoms with Gasteiger partial charge in [-0.05, 0) is 6.92 Å². The third kappa shape index (κ3) is 5.79. The molecule has 0 saturated heterocycles. The Hall–Kier alpha value is -0.0900. The van der Waals surface area contributed by atoms with E-state index in [1.165, 1.54) is 0 Å². The summed E-state index contributed by atoms with van der Waals surface area (Å²) >= 11 is 3.09. The molecule has 0 aliphatic rings. The minimum absolute atomic E-state index is 0.339. The van der Waals surface area contributed by atoms with Crippen LogP contribution in [-0.4, -0.2) is 17.9 Å². The van der Waals surface area contributed by atoms with Gasteiger partial charge in [-0.25, -0.2) is 4.79 Å². The maximum absolute atomic E-state index is 10.4. The predicted molar refractivity (Wildman–Crippen MR) is 36.1 cm³/mol. The highest BCUT2D eigenvalue weighted by Crippen LogP contribution is 1.91. The molecule has 0 aromatic carbocycles. The van der Waals surface area contributed by atoms with E-state index in [1.807, 2.05) is 0 Å². The van der Waals surface area contributed by atoms with E-state index in [2.05, 4.69) is 25.7 Å². The van der Waals surface area contributed by atoms with Gasteiger partial charge in [-0.15, -0.1) is 0 Å². The fourth-order valence-corrected chi connectivity index (χ4v) is 0.567. The van der Waals surface area contributed by atoms with Gasteiger partial charge in [0.2, 0.25) is 0 Å². The zero-order valence-corrected chi connectivity index (χ0v) is 6.81. The lowest BCUT2D eigenvalue weighted by atomic mass is 10.5. The Bertz CT molecular complexity index is 84.3. The molecule has 4 heteroatoms. The quantitative estimate of drug-likeness (QED) is 0.386. The van der Waals surface area contributed by atoms with Crippen molar-refractivity contribution in [3.63, 3.8) is 0 Å². The van der Waals surface area contributed by atoms with Crippen LogP contribution < -0.4 is 0 Å². The van der Waals surface area contributed by atoms with Gasteiger partial charge in [0, 0.05) is 5.33 Å². The van der Waals surface area contributed by atoms with Crippen LogP contribution in [-0.2, 0) is 14.6 Å². The molecule has 0 aliphatic heterocycles. The Kier molecular flexibility index (Phi) is 5.98. The summed E-state index contributed by atoms with van der Waals surface area (Å²) in [6.07, 6.45) is 0.347. The normalized spacial score (nSPS) is 9.11. The summed E-state index contributed by atoms with van der Waals surface area (Å²) < 4.78 is 0. The molecule has 0 N–H and O–H groups in total. The van der Waals surface area contributed by atoms with Gasteiger partial charge >= 0.3 is 5.97 Å². The summed E-state index contributed by atoms with van der Waals surface area (Å²) in [5.41, 5.74) is 0. The van der Waals surface area contributed by atoms with Crippen LogP contribution in [0.1, 0.15) is 13.3 Å². The van der Waals surface area contributed by atoms with E-state index in [-0.39, 0.29) is 5.97 Å². The lowest BCUT2D eigenvalue weighted by Crippen LogP contribution is -2.04. The molecular formula is C5H9BrO3. The van der Waals surface area contributed by atoms with Crippen molar-refractivity contribution >= 4 is 21.9 Å². The first-order valence-corrected chi connectivity index (χ1v) is 3.81. The summed E-state index contributed by atoms with van der Waals surface area (Å²) in [5.74, 6) is -0.339. The zero-order valence-electron chi connectivity index (χ0n) is 5.22. The summed E-state index contributed by atoms with van der Waals surface area (Å²) in [6.45, 7) is 2.15. The second-order valence-electron chi connectivity index (χ2n) is 1.30. The fraction of sp³-hybridized carbons (Fsp3) is 0.800. The highest BCUT2D eigenvalue weighted by molar-refractivity contribution is 9.09. The van der Waals surface area contributed by atoms with Crippen LogP contribution in [0.4, 0.5) is 0 Å². The minimum atomic E-state index is -0.339. The molecule has 9 heavy (non-hydrogen) atoms. The molecule has 0 bridgehead atoms. The van der Waals surface area contributed by atoms with Gasteiger partial charge in [-0.3, -0.25) is 4.89 Å². The number of carbonyl (C=O) groups excluding carboxylic acids is 1. The topological polar surface area (TPSA) is 35.5 Å². The zero-order chi connectivity index (χ0) is 7.11.